The summed E-state index contributed by atoms with van der Waals surface area (Å²) in [5, 5.41) is 15.3. The minimum absolute atomic E-state index is 0.0368. The zero-order chi connectivity index (χ0) is 16.8. The molecule has 24 heavy (non-hydrogen) atoms. The standard InChI is InChI=1S/C19H28N2O3/c22-17-7-5-15(6-8-17)4-3-12-20-18(23)21-16-9-13-24-19(14-16)10-1-2-11-19/h5-8,16,22H,1-4,9-14H2,(H2,20,21,23)/t16-/m1/s1. The van der Waals surface area contributed by atoms with Gasteiger partial charge in [-0.25, -0.2) is 4.79 Å². The average Bonchev–Trinajstić information content (AvgIpc) is 3.01. The lowest BCUT2D eigenvalue weighted by Crippen LogP contribution is -2.50. The second-order valence-corrected chi connectivity index (χ2v) is 7.10. The summed E-state index contributed by atoms with van der Waals surface area (Å²) in [6.07, 6.45) is 8.40. The molecule has 3 N–H and O–H groups in total. The van der Waals surface area contributed by atoms with Gasteiger partial charge in [-0.05, 0) is 56.2 Å². The SMILES string of the molecule is O=C(NCCCc1ccc(O)cc1)N[C@@H]1CCOC2(CCCC2)C1. The number of urea groups is 1. The van der Waals surface area contributed by atoms with Gasteiger partial charge in [-0.2, -0.15) is 0 Å². The summed E-state index contributed by atoms with van der Waals surface area (Å²) in [5.41, 5.74) is 1.21. The molecule has 1 spiro atoms. The van der Waals surface area contributed by atoms with Crippen LogP contribution in [-0.4, -0.2) is 35.9 Å². The van der Waals surface area contributed by atoms with Crippen LogP contribution in [0.1, 0.15) is 50.5 Å². The van der Waals surface area contributed by atoms with Crippen molar-refractivity contribution >= 4 is 6.03 Å². The number of carbonyl (C=O) groups is 1. The molecule has 0 radical (unpaired) electrons. The number of aryl methyl sites for hydroxylation is 1. The largest absolute Gasteiger partial charge is 0.508 e. The molecule has 5 nitrogen and oxygen atoms in total. The maximum absolute atomic E-state index is 12.1. The number of nitrogens with one attached hydrogen (secondary N) is 2. The molecule has 1 aliphatic carbocycles. The van der Waals surface area contributed by atoms with Gasteiger partial charge in [-0.1, -0.05) is 25.0 Å². The molecule has 0 aromatic heterocycles. The van der Waals surface area contributed by atoms with E-state index in [-0.39, 0.29) is 23.4 Å². The zero-order valence-corrected chi connectivity index (χ0v) is 14.2. The lowest BCUT2D eigenvalue weighted by molar-refractivity contribution is -0.0820. The van der Waals surface area contributed by atoms with Gasteiger partial charge in [-0.3, -0.25) is 0 Å². The number of aromatic hydroxyl groups is 1. The summed E-state index contributed by atoms with van der Waals surface area (Å²) in [4.78, 5) is 12.1. The summed E-state index contributed by atoms with van der Waals surface area (Å²) in [7, 11) is 0. The first-order valence-corrected chi connectivity index (χ1v) is 9.11. The molecule has 132 valence electrons. The minimum atomic E-state index is -0.0687. The molecule has 1 heterocycles. The Labute approximate surface area is 143 Å². The Hall–Kier alpha value is -1.75. The third-order valence-electron chi connectivity index (χ3n) is 5.21. The molecule has 2 aliphatic rings. The minimum Gasteiger partial charge on any atom is -0.508 e. The van der Waals surface area contributed by atoms with Crippen molar-refractivity contribution in [3.63, 3.8) is 0 Å². The first kappa shape index (κ1) is 17.1. The number of carbonyl (C=O) groups excluding carboxylic acids is 1. The van der Waals surface area contributed by atoms with Crippen LogP contribution in [0.4, 0.5) is 4.79 Å². The lowest BCUT2D eigenvalue weighted by Gasteiger charge is -2.38. The molecule has 3 rings (SSSR count). The second-order valence-electron chi connectivity index (χ2n) is 7.10. The summed E-state index contributed by atoms with van der Waals surface area (Å²) in [6.45, 7) is 1.41. The molecule has 2 fully saturated rings. The summed E-state index contributed by atoms with van der Waals surface area (Å²) in [5.74, 6) is 0.285. The van der Waals surface area contributed by atoms with Gasteiger partial charge in [-0.15, -0.1) is 0 Å². The maximum Gasteiger partial charge on any atom is 0.315 e. The smallest absolute Gasteiger partial charge is 0.315 e. The fraction of sp³-hybridized carbons (Fsp3) is 0.632. The Kier molecular flexibility index (Phi) is 5.61. The van der Waals surface area contributed by atoms with E-state index >= 15 is 0 Å². The van der Waals surface area contributed by atoms with Crippen molar-refractivity contribution in [2.45, 2.75) is 63.0 Å². The Morgan fingerprint density at radius 1 is 1.25 bits per heavy atom. The van der Waals surface area contributed by atoms with Gasteiger partial charge in [0.1, 0.15) is 5.75 Å². The van der Waals surface area contributed by atoms with Crippen LogP contribution in [0.5, 0.6) is 5.75 Å². The first-order chi connectivity index (χ1) is 11.7. The maximum atomic E-state index is 12.1. The van der Waals surface area contributed by atoms with E-state index < -0.39 is 0 Å². The number of phenols is 1. The zero-order valence-electron chi connectivity index (χ0n) is 14.2. The molecule has 1 aromatic carbocycles. The van der Waals surface area contributed by atoms with E-state index in [0.29, 0.717) is 6.54 Å². The Morgan fingerprint density at radius 2 is 2.00 bits per heavy atom. The molecule has 1 aliphatic heterocycles. The van der Waals surface area contributed by atoms with Gasteiger partial charge < -0.3 is 20.5 Å². The number of phenolic OH excluding ortho intramolecular Hbond substituents is 1. The lowest BCUT2D eigenvalue weighted by atomic mass is 9.89. The van der Waals surface area contributed by atoms with Crippen molar-refractivity contribution in [3.05, 3.63) is 29.8 Å². The van der Waals surface area contributed by atoms with E-state index in [1.807, 2.05) is 12.1 Å². The Balaban J connectivity index is 1.34. The van der Waals surface area contributed by atoms with Crippen LogP contribution in [0.25, 0.3) is 0 Å². The van der Waals surface area contributed by atoms with Crippen LogP contribution in [0.2, 0.25) is 0 Å². The number of amides is 2. The second kappa shape index (κ2) is 7.88. The highest BCUT2D eigenvalue weighted by Crippen LogP contribution is 2.39. The van der Waals surface area contributed by atoms with Gasteiger partial charge in [0.15, 0.2) is 0 Å². The molecule has 0 unspecified atom stereocenters. The van der Waals surface area contributed by atoms with Gasteiger partial charge in [0.2, 0.25) is 0 Å². The Bertz CT molecular complexity index is 538. The first-order valence-electron chi connectivity index (χ1n) is 9.11. The normalized spacial score (nSPS) is 22.4. The summed E-state index contributed by atoms with van der Waals surface area (Å²) >= 11 is 0. The molecule has 1 saturated carbocycles. The third kappa shape index (κ3) is 4.63. The van der Waals surface area contributed by atoms with Crippen molar-refractivity contribution in [2.24, 2.45) is 0 Å². The van der Waals surface area contributed by atoms with Gasteiger partial charge >= 0.3 is 6.03 Å². The van der Waals surface area contributed by atoms with E-state index in [2.05, 4.69) is 10.6 Å². The van der Waals surface area contributed by atoms with Crippen LogP contribution in [0.15, 0.2) is 24.3 Å². The van der Waals surface area contributed by atoms with Gasteiger partial charge in [0.05, 0.1) is 5.60 Å². The predicted octanol–water partition coefficient (Wildman–Crippen LogP) is 3.12. The summed E-state index contributed by atoms with van der Waals surface area (Å²) < 4.78 is 6.00. The van der Waals surface area contributed by atoms with Crippen molar-refractivity contribution in [3.8, 4) is 5.75 Å². The summed E-state index contributed by atoms with van der Waals surface area (Å²) in [6, 6.07) is 7.38. The van der Waals surface area contributed by atoms with Crippen molar-refractivity contribution in [1.29, 1.82) is 0 Å². The molecule has 1 atom stereocenters. The fourth-order valence-corrected chi connectivity index (χ4v) is 3.91. The highest BCUT2D eigenvalue weighted by atomic mass is 16.5. The van der Waals surface area contributed by atoms with Gasteiger partial charge in [0.25, 0.3) is 0 Å². The number of benzene rings is 1. The van der Waals surface area contributed by atoms with Crippen molar-refractivity contribution < 1.29 is 14.6 Å². The molecule has 1 aromatic rings. The Morgan fingerprint density at radius 3 is 2.75 bits per heavy atom. The predicted molar refractivity (Wildman–Crippen MR) is 93.1 cm³/mol. The topological polar surface area (TPSA) is 70.6 Å². The fourth-order valence-electron chi connectivity index (χ4n) is 3.91. The van der Waals surface area contributed by atoms with E-state index in [4.69, 9.17) is 4.74 Å². The molecular weight excluding hydrogens is 304 g/mol. The molecule has 5 heteroatoms. The van der Waals surface area contributed by atoms with Crippen LogP contribution in [0.3, 0.4) is 0 Å². The van der Waals surface area contributed by atoms with Crippen LogP contribution >= 0.6 is 0 Å². The number of hydrogen-bond acceptors (Lipinski definition) is 3. The van der Waals surface area contributed by atoms with Crippen molar-refractivity contribution in [1.82, 2.24) is 10.6 Å². The van der Waals surface area contributed by atoms with Crippen molar-refractivity contribution in [2.75, 3.05) is 13.2 Å². The molecular formula is C19H28N2O3. The molecule has 1 saturated heterocycles. The van der Waals surface area contributed by atoms with E-state index in [9.17, 15) is 9.90 Å². The van der Waals surface area contributed by atoms with E-state index in [1.165, 1.54) is 18.4 Å². The number of rotatable bonds is 5. The van der Waals surface area contributed by atoms with Crippen LogP contribution < -0.4 is 10.6 Å². The van der Waals surface area contributed by atoms with Crippen LogP contribution in [0, 0.1) is 0 Å². The van der Waals surface area contributed by atoms with E-state index in [1.54, 1.807) is 12.1 Å². The monoisotopic (exact) mass is 332 g/mol. The number of ether oxygens (including phenoxy) is 1. The van der Waals surface area contributed by atoms with Gasteiger partial charge in [0, 0.05) is 19.2 Å². The third-order valence-corrected chi connectivity index (χ3v) is 5.21. The van der Waals surface area contributed by atoms with E-state index in [0.717, 1.165) is 45.1 Å². The number of hydrogen-bond donors (Lipinski definition) is 3. The highest BCUT2D eigenvalue weighted by molar-refractivity contribution is 5.74. The molecule has 0 bridgehead atoms. The quantitative estimate of drug-likeness (QED) is 0.726. The van der Waals surface area contributed by atoms with Crippen LogP contribution in [-0.2, 0) is 11.2 Å². The highest BCUT2D eigenvalue weighted by Gasteiger charge is 2.40. The molecule has 2 amide bonds. The average molecular weight is 332 g/mol.